The van der Waals surface area contributed by atoms with Crippen molar-refractivity contribution in [3.63, 3.8) is 0 Å². The van der Waals surface area contributed by atoms with Gasteiger partial charge >= 0.3 is 0 Å². The fourth-order valence-electron chi connectivity index (χ4n) is 3.12. The van der Waals surface area contributed by atoms with E-state index >= 15 is 0 Å². The number of fused-ring (bicyclic) bond motifs is 1. The lowest BCUT2D eigenvalue weighted by Gasteiger charge is -2.14. The summed E-state index contributed by atoms with van der Waals surface area (Å²) in [6.45, 7) is 6.49. The van der Waals surface area contributed by atoms with Crippen LogP contribution in [0, 0.1) is 0 Å². The molecule has 2 aromatic carbocycles. The van der Waals surface area contributed by atoms with E-state index in [-0.39, 0.29) is 0 Å². The van der Waals surface area contributed by atoms with Crippen LogP contribution >= 0.6 is 0 Å². The van der Waals surface area contributed by atoms with E-state index in [4.69, 9.17) is 19.2 Å². The summed E-state index contributed by atoms with van der Waals surface area (Å²) in [6.07, 6.45) is 1.90. The zero-order valence-electron chi connectivity index (χ0n) is 18.8. The Morgan fingerprint density at radius 1 is 1.06 bits per heavy atom. The lowest BCUT2D eigenvalue weighted by molar-refractivity contribution is 0.281. The molecule has 0 atom stereocenters. The van der Waals surface area contributed by atoms with Crippen LogP contribution < -0.4 is 24.8 Å². The fraction of sp³-hybridized carbons (Fsp3) is 0.458. The van der Waals surface area contributed by atoms with Crippen LogP contribution in [0.5, 0.6) is 17.2 Å². The highest BCUT2D eigenvalue weighted by atomic mass is 16.5. The Morgan fingerprint density at radius 2 is 1.84 bits per heavy atom. The molecule has 0 unspecified atom stereocenters. The third-order valence-corrected chi connectivity index (χ3v) is 4.72. The minimum Gasteiger partial charge on any atom is -0.494 e. The zero-order valence-corrected chi connectivity index (χ0v) is 18.8. The van der Waals surface area contributed by atoms with E-state index in [0.29, 0.717) is 19.8 Å². The second-order valence-electron chi connectivity index (χ2n) is 7.68. The highest BCUT2D eigenvalue weighted by Crippen LogP contribution is 2.32. The number of benzene rings is 2. The van der Waals surface area contributed by atoms with E-state index in [1.807, 2.05) is 37.3 Å². The van der Waals surface area contributed by atoms with Gasteiger partial charge in [0, 0.05) is 31.3 Å². The van der Waals surface area contributed by atoms with E-state index in [9.17, 15) is 0 Å². The Hall–Kier alpha value is -2.93. The standard InChI is InChI=1S/C24H34N4O3/c1-4-25-24(27-20-9-12-22-23(17-20)31-16-6-15-30-22)26-18-19-7-10-21(11-8-19)29-14-5-13-28(2)3/h7-12,17H,4-6,13-16,18H2,1-3H3,(H2,25,26,27). The predicted molar refractivity (Wildman–Crippen MR) is 126 cm³/mol. The van der Waals surface area contributed by atoms with E-state index in [0.717, 1.165) is 67.0 Å². The Bertz CT molecular complexity index is 837. The number of nitrogens with one attached hydrogen (secondary N) is 2. The van der Waals surface area contributed by atoms with Crippen LogP contribution in [0.2, 0.25) is 0 Å². The summed E-state index contributed by atoms with van der Waals surface area (Å²) in [7, 11) is 4.14. The van der Waals surface area contributed by atoms with Crippen LogP contribution in [0.25, 0.3) is 0 Å². The summed E-state index contributed by atoms with van der Waals surface area (Å²) in [5, 5.41) is 6.64. The summed E-state index contributed by atoms with van der Waals surface area (Å²) in [4.78, 5) is 6.87. The number of nitrogens with zero attached hydrogens (tertiary/aromatic N) is 2. The summed E-state index contributed by atoms with van der Waals surface area (Å²) < 4.78 is 17.3. The Balaban J connectivity index is 1.56. The molecule has 0 radical (unpaired) electrons. The number of aliphatic imine (C=N–C) groups is 1. The molecule has 0 saturated carbocycles. The van der Waals surface area contributed by atoms with Crippen LogP contribution in [-0.2, 0) is 6.54 Å². The van der Waals surface area contributed by atoms with Crippen molar-refractivity contribution in [2.24, 2.45) is 4.99 Å². The highest BCUT2D eigenvalue weighted by molar-refractivity contribution is 5.93. The summed E-state index contributed by atoms with van der Waals surface area (Å²) in [5.41, 5.74) is 2.03. The minimum atomic E-state index is 0.570. The number of ether oxygens (including phenoxy) is 3. The molecular formula is C24H34N4O3. The van der Waals surface area contributed by atoms with Crippen LogP contribution in [0.1, 0.15) is 25.3 Å². The molecule has 3 rings (SSSR count). The summed E-state index contributed by atoms with van der Waals surface area (Å²) in [5.74, 6) is 3.17. The van der Waals surface area contributed by atoms with Crippen molar-refractivity contribution in [3.8, 4) is 17.2 Å². The van der Waals surface area contributed by atoms with Gasteiger partial charge in [-0.2, -0.15) is 0 Å². The molecule has 0 aromatic heterocycles. The van der Waals surface area contributed by atoms with Gasteiger partial charge in [0.05, 0.1) is 26.4 Å². The maximum absolute atomic E-state index is 5.80. The van der Waals surface area contributed by atoms with Crippen molar-refractivity contribution < 1.29 is 14.2 Å². The van der Waals surface area contributed by atoms with Crippen molar-refractivity contribution in [3.05, 3.63) is 48.0 Å². The van der Waals surface area contributed by atoms with E-state index in [1.54, 1.807) is 0 Å². The largest absolute Gasteiger partial charge is 0.494 e. The number of guanidine groups is 1. The van der Waals surface area contributed by atoms with Gasteiger partial charge in [-0.15, -0.1) is 0 Å². The molecule has 31 heavy (non-hydrogen) atoms. The van der Waals surface area contributed by atoms with Gasteiger partial charge in [0.2, 0.25) is 0 Å². The molecule has 0 saturated heterocycles. The second kappa shape index (κ2) is 12.1. The molecular weight excluding hydrogens is 392 g/mol. The van der Waals surface area contributed by atoms with Crippen molar-refractivity contribution in [2.45, 2.75) is 26.3 Å². The van der Waals surface area contributed by atoms with Crippen molar-refractivity contribution in [2.75, 3.05) is 52.3 Å². The number of hydrogen-bond acceptors (Lipinski definition) is 5. The molecule has 0 amide bonds. The lowest BCUT2D eigenvalue weighted by atomic mass is 10.2. The Kier molecular flexibility index (Phi) is 8.84. The topological polar surface area (TPSA) is 67.4 Å². The number of hydrogen-bond donors (Lipinski definition) is 2. The third kappa shape index (κ3) is 7.68. The summed E-state index contributed by atoms with van der Waals surface area (Å²) in [6, 6.07) is 14.0. The maximum atomic E-state index is 5.80. The number of anilines is 1. The van der Waals surface area contributed by atoms with Gasteiger partial charge in [0.25, 0.3) is 0 Å². The van der Waals surface area contributed by atoms with Gasteiger partial charge in [0.15, 0.2) is 17.5 Å². The number of rotatable bonds is 9. The molecule has 0 fully saturated rings. The maximum Gasteiger partial charge on any atom is 0.196 e. The molecule has 168 valence electrons. The lowest BCUT2D eigenvalue weighted by Crippen LogP contribution is -2.30. The first-order valence-corrected chi connectivity index (χ1v) is 11.0. The minimum absolute atomic E-state index is 0.570. The second-order valence-corrected chi connectivity index (χ2v) is 7.68. The predicted octanol–water partition coefficient (Wildman–Crippen LogP) is 3.76. The molecule has 1 aliphatic heterocycles. The average molecular weight is 427 g/mol. The SMILES string of the molecule is CCNC(=NCc1ccc(OCCCN(C)C)cc1)Nc1ccc2c(c1)OCCCO2. The fourth-order valence-corrected chi connectivity index (χ4v) is 3.12. The first kappa shape index (κ1) is 22.7. The highest BCUT2D eigenvalue weighted by Gasteiger charge is 2.11. The molecule has 1 heterocycles. The van der Waals surface area contributed by atoms with Gasteiger partial charge in [-0.25, -0.2) is 4.99 Å². The monoisotopic (exact) mass is 426 g/mol. The van der Waals surface area contributed by atoms with Crippen LogP contribution in [0.4, 0.5) is 5.69 Å². The normalized spacial score (nSPS) is 13.6. The van der Waals surface area contributed by atoms with Gasteiger partial charge < -0.3 is 29.7 Å². The van der Waals surface area contributed by atoms with Crippen LogP contribution in [-0.4, -0.2) is 57.9 Å². The molecule has 0 aliphatic carbocycles. The molecule has 2 N–H and O–H groups in total. The molecule has 7 nitrogen and oxygen atoms in total. The van der Waals surface area contributed by atoms with E-state index in [1.165, 1.54) is 0 Å². The van der Waals surface area contributed by atoms with Gasteiger partial charge in [-0.05, 0) is 57.3 Å². The first-order chi connectivity index (χ1) is 15.1. The third-order valence-electron chi connectivity index (χ3n) is 4.72. The van der Waals surface area contributed by atoms with Gasteiger partial charge in [-0.3, -0.25) is 0 Å². The zero-order chi connectivity index (χ0) is 21.9. The van der Waals surface area contributed by atoms with E-state index < -0.39 is 0 Å². The van der Waals surface area contributed by atoms with Crippen molar-refractivity contribution in [1.29, 1.82) is 0 Å². The van der Waals surface area contributed by atoms with Crippen molar-refractivity contribution >= 4 is 11.6 Å². The van der Waals surface area contributed by atoms with Crippen LogP contribution in [0.3, 0.4) is 0 Å². The molecule has 2 aromatic rings. The molecule has 0 spiro atoms. The van der Waals surface area contributed by atoms with Gasteiger partial charge in [0.1, 0.15) is 5.75 Å². The molecule has 0 bridgehead atoms. The van der Waals surface area contributed by atoms with Crippen molar-refractivity contribution in [1.82, 2.24) is 10.2 Å². The summed E-state index contributed by atoms with van der Waals surface area (Å²) >= 11 is 0. The van der Waals surface area contributed by atoms with E-state index in [2.05, 4.69) is 41.8 Å². The Morgan fingerprint density at radius 3 is 2.58 bits per heavy atom. The average Bonchev–Trinajstić information content (AvgIpc) is 3.01. The van der Waals surface area contributed by atoms with Gasteiger partial charge in [-0.1, -0.05) is 12.1 Å². The quantitative estimate of drug-likeness (QED) is 0.362. The van der Waals surface area contributed by atoms with Crippen LogP contribution in [0.15, 0.2) is 47.5 Å². The Labute approximate surface area is 185 Å². The molecule has 7 heteroatoms. The first-order valence-electron chi connectivity index (χ1n) is 11.0. The smallest absolute Gasteiger partial charge is 0.196 e. The molecule has 1 aliphatic rings.